The van der Waals surface area contributed by atoms with Crippen LogP contribution < -0.4 is 0 Å². The molecule has 0 aliphatic carbocycles. The summed E-state index contributed by atoms with van der Waals surface area (Å²) < 4.78 is 28.3. The maximum Gasteiger partial charge on any atom is 0.253 e. The first-order valence-electron chi connectivity index (χ1n) is 9.14. The Bertz CT molecular complexity index is 903. The van der Waals surface area contributed by atoms with E-state index in [-0.39, 0.29) is 23.5 Å². The summed E-state index contributed by atoms with van der Waals surface area (Å²) in [5, 5.41) is 3.98. The molecule has 0 N–H and O–H groups in total. The molecule has 146 valence electrons. The van der Waals surface area contributed by atoms with Crippen LogP contribution in [0.15, 0.2) is 28.8 Å². The van der Waals surface area contributed by atoms with Crippen LogP contribution in [-0.4, -0.2) is 54.5 Å². The van der Waals surface area contributed by atoms with E-state index in [4.69, 9.17) is 4.52 Å². The van der Waals surface area contributed by atoms with Gasteiger partial charge >= 0.3 is 0 Å². The van der Waals surface area contributed by atoms with Crippen LogP contribution in [0.1, 0.15) is 48.9 Å². The van der Waals surface area contributed by atoms with Crippen molar-refractivity contribution in [2.45, 2.75) is 32.6 Å². The zero-order chi connectivity index (χ0) is 19.6. The Labute approximate surface area is 159 Å². The van der Waals surface area contributed by atoms with Gasteiger partial charge in [-0.3, -0.25) is 4.79 Å². The Hall–Kier alpha value is -2.22. The number of likely N-dealkylation sites (tertiary alicyclic amines) is 1. The number of amides is 1. The molecule has 0 saturated carbocycles. The topological polar surface area (TPSA) is 93.4 Å². The minimum atomic E-state index is -3.04. The number of benzene rings is 1. The average Bonchev–Trinajstić information content (AvgIpc) is 3.10. The van der Waals surface area contributed by atoms with Crippen LogP contribution in [-0.2, 0) is 9.84 Å². The number of hydrogen-bond donors (Lipinski definition) is 0. The van der Waals surface area contributed by atoms with E-state index in [0.29, 0.717) is 30.4 Å². The van der Waals surface area contributed by atoms with Gasteiger partial charge in [0, 0.05) is 36.4 Å². The summed E-state index contributed by atoms with van der Waals surface area (Å²) >= 11 is 0. The molecular formula is C19H25N3O4S. The Balaban J connectivity index is 1.69. The van der Waals surface area contributed by atoms with Crippen LogP contribution in [0.5, 0.6) is 0 Å². The van der Waals surface area contributed by atoms with E-state index in [0.717, 1.165) is 18.4 Å². The second-order valence-electron chi connectivity index (χ2n) is 7.54. The lowest BCUT2D eigenvalue weighted by Gasteiger charge is -2.32. The van der Waals surface area contributed by atoms with Crippen molar-refractivity contribution in [1.82, 2.24) is 15.0 Å². The van der Waals surface area contributed by atoms with Crippen LogP contribution in [0.4, 0.5) is 0 Å². The molecule has 7 nitrogen and oxygen atoms in total. The zero-order valence-electron chi connectivity index (χ0n) is 15.9. The standard InChI is InChI=1S/C19H25N3O4S/c1-13(2)18-20-17(21-26-18)15-6-8-16(9-7-15)19(23)22-10-4-5-14(11-22)12-27(3,24)25/h6-9,13-14H,4-5,10-12H2,1-3H3/t14-/m1/s1. The highest BCUT2D eigenvalue weighted by Crippen LogP contribution is 2.23. The number of carbonyl (C=O) groups is 1. The molecular weight excluding hydrogens is 366 g/mol. The fraction of sp³-hybridized carbons (Fsp3) is 0.526. The second kappa shape index (κ2) is 7.80. The molecule has 1 aromatic heterocycles. The number of sulfone groups is 1. The molecule has 2 aromatic rings. The van der Waals surface area contributed by atoms with Crippen molar-refractivity contribution in [3.63, 3.8) is 0 Å². The average molecular weight is 391 g/mol. The summed E-state index contributed by atoms with van der Waals surface area (Å²) in [6.45, 7) is 5.10. The predicted octanol–water partition coefficient (Wildman–Crippen LogP) is 2.76. The van der Waals surface area contributed by atoms with Crippen LogP contribution in [0.3, 0.4) is 0 Å². The van der Waals surface area contributed by atoms with Gasteiger partial charge in [-0.25, -0.2) is 8.42 Å². The number of hydrogen-bond acceptors (Lipinski definition) is 6. The van der Waals surface area contributed by atoms with Gasteiger partial charge in [-0.2, -0.15) is 4.98 Å². The third-order valence-electron chi connectivity index (χ3n) is 4.67. The van der Waals surface area contributed by atoms with E-state index in [1.165, 1.54) is 6.26 Å². The van der Waals surface area contributed by atoms with Crippen molar-refractivity contribution in [3.05, 3.63) is 35.7 Å². The monoisotopic (exact) mass is 391 g/mol. The molecule has 1 saturated heterocycles. The lowest BCUT2D eigenvalue weighted by atomic mass is 9.99. The van der Waals surface area contributed by atoms with Gasteiger partial charge in [-0.15, -0.1) is 0 Å². The molecule has 1 aliphatic heterocycles. The molecule has 1 fully saturated rings. The molecule has 1 amide bonds. The molecule has 2 heterocycles. The lowest BCUT2D eigenvalue weighted by Crippen LogP contribution is -2.41. The van der Waals surface area contributed by atoms with Crippen molar-refractivity contribution in [2.75, 3.05) is 25.1 Å². The van der Waals surface area contributed by atoms with Gasteiger partial charge < -0.3 is 9.42 Å². The first-order chi connectivity index (χ1) is 12.7. The summed E-state index contributed by atoms with van der Waals surface area (Å²) in [5.74, 6) is 1.30. The first kappa shape index (κ1) is 19.5. The molecule has 0 radical (unpaired) electrons. The fourth-order valence-electron chi connectivity index (χ4n) is 3.35. The Kier molecular flexibility index (Phi) is 5.64. The zero-order valence-corrected chi connectivity index (χ0v) is 16.7. The first-order valence-corrected chi connectivity index (χ1v) is 11.2. The van der Waals surface area contributed by atoms with Crippen LogP contribution in [0.25, 0.3) is 11.4 Å². The van der Waals surface area contributed by atoms with Gasteiger partial charge in [-0.1, -0.05) is 31.1 Å². The van der Waals surface area contributed by atoms with E-state index in [1.54, 1.807) is 29.2 Å². The predicted molar refractivity (Wildman–Crippen MR) is 102 cm³/mol. The van der Waals surface area contributed by atoms with Crippen LogP contribution in [0.2, 0.25) is 0 Å². The van der Waals surface area contributed by atoms with Gasteiger partial charge in [0.25, 0.3) is 5.91 Å². The molecule has 0 unspecified atom stereocenters. The van der Waals surface area contributed by atoms with Crippen molar-refractivity contribution in [1.29, 1.82) is 0 Å². The van der Waals surface area contributed by atoms with Crippen molar-refractivity contribution in [2.24, 2.45) is 5.92 Å². The fourth-order valence-corrected chi connectivity index (χ4v) is 4.47. The minimum Gasteiger partial charge on any atom is -0.339 e. The number of rotatable bonds is 5. The maximum atomic E-state index is 12.8. The Morgan fingerprint density at radius 2 is 2.00 bits per heavy atom. The van der Waals surface area contributed by atoms with E-state index >= 15 is 0 Å². The van der Waals surface area contributed by atoms with Gasteiger partial charge in [0.05, 0.1) is 5.75 Å². The second-order valence-corrected chi connectivity index (χ2v) is 9.72. The van der Waals surface area contributed by atoms with Crippen LogP contribution >= 0.6 is 0 Å². The van der Waals surface area contributed by atoms with Gasteiger partial charge in [0.1, 0.15) is 9.84 Å². The molecule has 8 heteroatoms. The van der Waals surface area contributed by atoms with E-state index < -0.39 is 9.84 Å². The van der Waals surface area contributed by atoms with Crippen LogP contribution in [0, 0.1) is 5.92 Å². The normalized spacial score (nSPS) is 18.1. The van der Waals surface area contributed by atoms with Crippen molar-refractivity contribution >= 4 is 15.7 Å². The van der Waals surface area contributed by atoms with Gasteiger partial charge in [0.15, 0.2) is 0 Å². The third-order valence-corrected chi connectivity index (χ3v) is 5.75. The van der Waals surface area contributed by atoms with E-state index in [1.807, 2.05) is 13.8 Å². The molecule has 0 bridgehead atoms. The quantitative estimate of drug-likeness (QED) is 0.778. The summed E-state index contributed by atoms with van der Waals surface area (Å²) in [7, 11) is -3.04. The Morgan fingerprint density at radius 3 is 2.59 bits per heavy atom. The molecule has 1 atom stereocenters. The molecule has 0 spiro atoms. The summed E-state index contributed by atoms with van der Waals surface area (Å²) in [6.07, 6.45) is 2.91. The maximum absolute atomic E-state index is 12.8. The van der Waals surface area contributed by atoms with Gasteiger partial charge in [0.2, 0.25) is 11.7 Å². The molecule has 1 aromatic carbocycles. The van der Waals surface area contributed by atoms with Crippen molar-refractivity contribution in [3.8, 4) is 11.4 Å². The number of piperidine rings is 1. The minimum absolute atomic E-state index is 0.00533. The molecule has 1 aliphatic rings. The third kappa shape index (κ3) is 4.94. The number of nitrogens with zero attached hydrogens (tertiary/aromatic N) is 3. The Morgan fingerprint density at radius 1 is 1.30 bits per heavy atom. The molecule has 27 heavy (non-hydrogen) atoms. The number of aromatic nitrogens is 2. The van der Waals surface area contributed by atoms with Gasteiger partial charge in [-0.05, 0) is 30.9 Å². The smallest absolute Gasteiger partial charge is 0.253 e. The highest BCUT2D eigenvalue weighted by Gasteiger charge is 2.26. The highest BCUT2D eigenvalue weighted by molar-refractivity contribution is 7.90. The SMILES string of the molecule is CC(C)c1nc(-c2ccc(C(=O)N3CCC[C@@H](CS(C)(=O)=O)C3)cc2)no1. The summed E-state index contributed by atoms with van der Waals surface area (Å²) in [4.78, 5) is 18.9. The van der Waals surface area contributed by atoms with E-state index in [9.17, 15) is 13.2 Å². The summed E-state index contributed by atoms with van der Waals surface area (Å²) in [6, 6.07) is 7.12. The number of carbonyl (C=O) groups excluding carboxylic acids is 1. The van der Waals surface area contributed by atoms with E-state index in [2.05, 4.69) is 10.1 Å². The highest BCUT2D eigenvalue weighted by atomic mass is 32.2. The summed E-state index contributed by atoms with van der Waals surface area (Å²) in [5.41, 5.74) is 1.36. The largest absolute Gasteiger partial charge is 0.339 e. The lowest BCUT2D eigenvalue weighted by molar-refractivity contribution is 0.0684. The van der Waals surface area contributed by atoms with Crippen molar-refractivity contribution < 1.29 is 17.7 Å². The molecule has 3 rings (SSSR count).